The van der Waals surface area contributed by atoms with Crippen LogP contribution in [0.15, 0.2) is 12.1 Å². The molecular formula is C13H19Cl2NO2. The third-order valence-electron chi connectivity index (χ3n) is 2.38. The highest BCUT2D eigenvalue weighted by atomic mass is 35.5. The van der Waals surface area contributed by atoms with Crippen LogP contribution in [0, 0.1) is 0 Å². The number of rotatable bonds is 8. The van der Waals surface area contributed by atoms with Gasteiger partial charge in [-0.15, -0.1) is 0 Å². The second-order valence-corrected chi connectivity index (χ2v) is 4.82. The second-order valence-electron chi connectivity index (χ2n) is 3.98. The Bertz CT molecular complexity index is 372. The van der Waals surface area contributed by atoms with Crippen LogP contribution in [0.4, 0.5) is 0 Å². The molecule has 0 atom stereocenters. The Morgan fingerprint density at radius 1 is 1.33 bits per heavy atom. The Balaban J connectivity index is 2.76. The van der Waals surface area contributed by atoms with Gasteiger partial charge in [-0.25, -0.2) is 0 Å². The van der Waals surface area contributed by atoms with Crippen molar-refractivity contribution in [2.24, 2.45) is 0 Å². The summed E-state index contributed by atoms with van der Waals surface area (Å²) in [6.07, 6.45) is 1.65. The molecule has 0 unspecified atom stereocenters. The van der Waals surface area contributed by atoms with E-state index >= 15 is 0 Å². The molecule has 3 nitrogen and oxygen atoms in total. The highest BCUT2D eigenvalue weighted by Gasteiger charge is 2.10. The fourth-order valence-corrected chi connectivity index (χ4v) is 2.14. The lowest BCUT2D eigenvalue weighted by Crippen LogP contribution is -2.15. The van der Waals surface area contributed by atoms with Gasteiger partial charge in [-0.3, -0.25) is 0 Å². The summed E-state index contributed by atoms with van der Waals surface area (Å²) in [6.45, 7) is 4.26. The summed E-state index contributed by atoms with van der Waals surface area (Å²) in [6, 6.07) is 3.52. The van der Waals surface area contributed by atoms with Gasteiger partial charge in [0, 0.05) is 30.2 Å². The molecule has 0 spiro atoms. The minimum Gasteiger partial charge on any atom is -0.492 e. The van der Waals surface area contributed by atoms with Crippen LogP contribution in [0.5, 0.6) is 5.75 Å². The third-order valence-corrected chi connectivity index (χ3v) is 2.88. The number of benzene rings is 1. The molecule has 2 N–H and O–H groups in total. The molecule has 0 aliphatic heterocycles. The van der Waals surface area contributed by atoms with Crippen molar-refractivity contribution in [1.82, 2.24) is 5.32 Å². The molecule has 0 amide bonds. The van der Waals surface area contributed by atoms with Crippen LogP contribution in [0.2, 0.25) is 10.0 Å². The van der Waals surface area contributed by atoms with Crippen molar-refractivity contribution in [1.29, 1.82) is 0 Å². The highest BCUT2D eigenvalue weighted by molar-refractivity contribution is 6.35. The van der Waals surface area contributed by atoms with Gasteiger partial charge in [0.25, 0.3) is 0 Å². The average molecular weight is 292 g/mol. The fraction of sp³-hybridized carbons (Fsp3) is 0.538. The predicted molar refractivity (Wildman–Crippen MR) is 75.7 cm³/mol. The van der Waals surface area contributed by atoms with Crippen LogP contribution in [-0.2, 0) is 6.54 Å². The van der Waals surface area contributed by atoms with E-state index in [1.807, 2.05) is 6.07 Å². The van der Waals surface area contributed by atoms with Gasteiger partial charge in [-0.05, 0) is 25.1 Å². The molecule has 0 fully saturated rings. The van der Waals surface area contributed by atoms with E-state index in [1.54, 1.807) is 6.07 Å². The Hall–Kier alpha value is -0.480. The number of aliphatic hydroxyl groups is 1. The molecule has 0 heterocycles. The molecule has 0 aromatic heterocycles. The largest absolute Gasteiger partial charge is 0.492 e. The average Bonchev–Trinajstić information content (AvgIpc) is 2.32. The number of nitrogens with one attached hydrogen (secondary N) is 1. The number of halogens is 2. The second kappa shape index (κ2) is 8.59. The van der Waals surface area contributed by atoms with E-state index in [4.69, 9.17) is 33.0 Å². The first kappa shape index (κ1) is 15.6. The molecular weight excluding hydrogens is 273 g/mol. The van der Waals surface area contributed by atoms with Crippen molar-refractivity contribution in [3.8, 4) is 5.75 Å². The van der Waals surface area contributed by atoms with Gasteiger partial charge in [-0.1, -0.05) is 30.1 Å². The normalized spacial score (nSPS) is 10.7. The lowest BCUT2D eigenvalue weighted by atomic mass is 10.2. The maximum Gasteiger partial charge on any atom is 0.142 e. The van der Waals surface area contributed by atoms with Gasteiger partial charge in [-0.2, -0.15) is 0 Å². The standard InChI is InChI=1S/C13H19Cl2NO2/c1-2-4-16-9-10-7-11(14)8-12(15)13(10)18-6-3-5-17/h7-8,16-17H,2-6,9H2,1H3. The molecule has 0 saturated carbocycles. The van der Waals surface area contributed by atoms with Crippen molar-refractivity contribution in [2.75, 3.05) is 19.8 Å². The smallest absolute Gasteiger partial charge is 0.142 e. The molecule has 1 aromatic carbocycles. The number of ether oxygens (including phenoxy) is 1. The topological polar surface area (TPSA) is 41.5 Å². The van der Waals surface area contributed by atoms with Gasteiger partial charge in [0.05, 0.1) is 11.6 Å². The van der Waals surface area contributed by atoms with Crippen LogP contribution in [0.3, 0.4) is 0 Å². The Morgan fingerprint density at radius 3 is 2.78 bits per heavy atom. The lowest BCUT2D eigenvalue weighted by molar-refractivity contribution is 0.232. The van der Waals surface area contributed by atoms with E-state index in [1.165, 1.54) is 0 Å². The van der Waals surface area contributed by atoms with E-state index in [2.05, 4.69) is 12.2 Å². The summed E-state index contributed by atoms with van der Waals surface area (Å²) in [5.41, 5.74) is 0.943. The Labute approximate surface area is 118 Å². The summed E-state index contributed by atoms with van der Waals surface area (Å²) in [4.78, 5) is 0. The van der Waals surface area contributed by atoms with Crippen molar-refractivity contribution < 1.29 is 9.84 Å². The third kappa shape index (κ3) is 5.02. The SMILES string of the molecule is CCCNCc1cc(Cl)cc(Cl)c1OCCCO. The van der Waals surface area contributed by atoms with Gasteiger partial charge >= 0.3 is 0 Å². The Kier molecular flexibility index (Phi) is 7.44. The van der Waals surface area contributed by atoms with Crippen molar-refractivity contribution >= 4 is 23.2 Å². The quantitative estimate of drug-likeness (QED) is 0.723. The summed E-state index contributed by atoms with van der Waals surface area (Å²) in [5, 5.41) is 13.2. The molecule has 5 heteroatoms. The van der Waals surface area contributed by atoms with Gasteiger partial charge < -0.3 is 15.2 Å². The summed E-state index contributed by atoms with van der Waals surface area (Å²) in [7, 11) is 0. The van der Waals surface area contributed by atoms with Crippen LogP contribution >= 0.6 is 23.2 Å². The van der Waals surface area contributed by atoms with Crippen molar-refractivity contribution in [3.63, 3.8) is 0 Å². The molecule has 102 valence electrons. The van der Waals surface area contributed by atoms with Crippen LogP contribution in [0.1, 0.15) is 25.3 Å². The van der Waals surface area contributed by atoms with E-state index in [0.29, 0.717) is 35.4 Å². The first-order valence-corrected chi connectivity index (χ1v) is 6.87. The number of hydrogen-bond acceptors (Lipinski definition) is 3. The minimum absolute atomic E-state index is 0.106. The molecule has 0 aliphatic carbocycles. The number of hydrogen-bond donors (Lipinski definition) is 2. The molecule has 1 aromatic rings. The zero-order valence-electron chi connectivity index (χ0n) is 10.5. The van der Waals surface area contributed by atoms with Crippen LogP contribution < -0.4 is 10.1 Å². The zero-order valence-corrected chi connectivity index (χ0v) is 12.0. The summed E-state index contributed by atoms with van der Waals surface area (Å²) >= 11 is 12.1. The van der Waals surface area contributed by atoms with E-state index in [9.17, 15) is 0 Å². The van der Waals surface area contributed by atoms with Gasteiger partial charge in [0.1, 0.15) is 5.75 Å². The molecule has 0 radical (unpaired) electrons. The minimum atomic E-state index is 0.106. The molecule has 0 aliphatic rings. The Morgan fingerprint density at radius 2 is 2.11 bits per heavy atom. The monoisotopic (exact) mass is 291 g/mol. The maximum absolute atomic E-state index is 8.75. The first-order valence-electron chi connectivity index (χ1n) is 6.11. The van der Waals surface area contributed by atoms with Crippen LogP contribution in [0.25, 0.3) is 0 Å². The summed E-state index contributed by atoms with van der Waals surface area (Å²) in [5.74, 6) is 0.651. The van der Waals surface area contributed by atoms with E-state index < -0.39 is 0 Å². The number of aliphatic hydroxyl groups excluding tert-OH is 1. The van der Waals surface area contributed by atoms with E-state index in [0.717, 1.165) is 18.5 Å². The van der Waals surface area contributed by atoms with Crippen molar-refractivity contribution in [3.05, 3.63) is 27.7 Å². The first-order chi connectivity index (χ1) is 8.69. The van der Waals surface area contributed by atoms with Crippen molar-refractivity contribution in [2.45, 2.75) is 26.3 Å². The van der Waals surface area contributed by atoms with E-state index in [-0.39, 0.29) is 6.61 Å². The lowest BCUT2D eigenvalue weighted by Gasteiger charge is -2.14. The molecule has 18 heavy (non-hydrogen) atoms. The molecule has 0 bridgehead atoms. The molecule has 1 rings (SSSR count). The van der Waals surface area contributed by atoms with Gasteiger partial charge in [0.2, 0.25) is 0 Å². The zero-order chi connectivity index (χ0) is 13.4. The fourth-order valence-electron chi connectivity index (χ4n) is 1.55. The van der Waals surface area contributed by atoms with Crippen LogP contribution in [-0.4, -0.2) is 24.9 Å². The predicted octanol–water partition coefficient (Wildman–Crippen LogP) is 3.25. The highest BCUT2D eigenvalue weighted by Crippen LogP contribution is 2.32. The van der Waals surface area contributed by atoms with Gasteiger partial charge in [0.15, 0.2) is 0 Å². The maximum atomic E-state index is 8.75. The molecule has 0 saturated heterocycles. The summed E-state index contributed by atoms with van der Waals surface area (Å²) < 4.78 is 5.60.